The van der Waals surface area contributed by atoms with E-state index in [0.29, 0.717) is 17.7 Å². The second-order valence-electron chi connectivity index (χ2n) is 4.75. The number of amides is 1. The van der Waals surface area contributed by atoms with Crippen molar-refractivity contribution in [3.63, 3.8) is 0 Å². The average Bonchev–Trinajstić information content (AvgIpc) is 2.49. The van der Waals surface area contributed by atoms with Gasteiger partial charge < -0.3 is 10.1 Å². The van der Waals surface area contributed by atoms with E-state index in [1.165, 1.54) is 24.3 Å². The van der Waals surface area contributed by atoms with Crippen molar-refractivity contribution in [2.75, 3.05) is 5.32 Å². The van der Waals surface area contributed by atoms with Crippen molar-refractivity contribution in [1.82, 2.24) is 0 Å². The summed E-state index contributed by atoms with van der Waals surface area (Å²) in [6.45, 7) is 0. The molecule has 2 aromatic carbocycles. The quantitative estimate of drug-likeness (QED) is 0.863. The molecule has 0 radical (unpaired) electrons. The summed E-state index contributed by atoms with van der Waals surface area (Å²) < 4.78 is 18.0. The summed E-state index contributed by atoms with van der Waals surface area (Å²) in [7, 11) is 0. The van der Waals surface area contributed by atoms with Crippen LogP contribution in [-0.4, -0.2) is 18.0 Å². The van der Waals surface area contributed by atoms with E-state index >= 15 is 0 Å². The highest BCUT2D eigenvalue weighted by Crippen LogP contribution is 2.21. The van der Waals surface area contributed by atoms with Crippen molar-refractivity contribution in [2.45, 2.75) is 12.5 Å². The molecule has 21 heavy (non-hydrogen) atoms. The highest BCUT2D eigenvalue weighted by atomic mass is 19.1. The first-order valence-corrected chi connectivity index (χ1v) is 6.49. The second kappa shape index (κ2) is 5.36. The minimum Gasteiger partial charge on any atom is -0.448 e. The van der Waals surface area contributed by atoms with Gasteiger partial charge in [-0.25, -0.2) is 9.18 Å². The minimum absolute atomic E-state index is 0.328. The molecule has 0 aliphatic carbocycles. The summed E-state index contributed by atoms with van der Waals surface area (Å²) in [5.41, 5.74) is 1.73. The third-order valence-corrected chi connectivity index (χ3v) is 3.30. The first-order chi connectivity index (χ1) is 10.1. The molecule has 0 bridgehead atoms. The molecule has 1 atom stereocenters. The van der Waals surface area contributed by atoms with Crippen molar-refractivity contribution in [3.05, 3.63) is 65.5 Å². The van der Waals surface area contributed by atoms with E-state index in [4.69, 9.17) is 4.74 Å². The molecule has 106 valence electrons. The van der Waals surface area contributed by atoms with E-state index < -0.39 is 18.0 Å². The van der Waals surface area contributed by atoms with Crippen molar-refractivity contribution < 1.29 is 18.7 Å². The number of nitrogens with one attached hydrogen (secondary N) is 1. The molecule has 1 unspecified atom stereocenters. The van der Waals surface area contributed by atoms with Crippen LogP contribution in [-0.2, 0) is 16.0 Å². The number of hydrogen-bond acceptors (Lipinski definition) is 3. The monoisotopic (exact) mass is 285 g/mol. The molecule has 3 rings (SSSR count). The van der Waals surface area contributed by atoms with E-state index in [0.717, 1.165) is 5.56 Å². The zero-order valence-electron chi connectivity index (χ0n) is 11.0. The van der Waals surface area contributed by atoms with Gasteiger partial charge in [0.2, 0.25) is 0 Å². The first kappa shape index (κ1) is 13.3. The van der Waals surface area contributed by atoms with E-state index in [1.807, 2.05) is 6.07 Å². The summed E-state index contributed by atoms with van der Waals surface area (Å²) in [4.78, 5) is 24.0. The van der Waals surface area contributed by atoms with E-state index in [2.05, 4.69) is 5.32 Å². The van der Waals surface area contributed by atoms with Crippen LogP contribution >= 0.6 is 0 Å². The molecule has 1 aliphatic heterocycles. The summed E-state index contributed by atoms with van der Waals surface area (Å²) in [6, 6.07) is 12.4. The number of hydrogen-bond donors (Lipinski definition) is 1. The maximum Gasteiger partial charge on any atom is 0.339 e. The molecule has 1 heterocycles. The smallest absolute Gasteiger partial charge is 0.339 e. The number of fused-ring (bicyclic) bond motifs is 1. The van der Waals surface area contributed by atoms with Crippen LogP contribution in [0.5, 0.6) is 0 Å². The fourth-order valence-electron chi connectivity index (χ4n) is 2.23. The standard InChI is InChI=1S/C16H12FNO3/c17-11-5-7-12(8-6-11)18-15(19)14-9-10-3-1-2-4-13(10)16(20)21-14/h1-8,14H,9H2,(H,18,19). The molecule has 0 saturated heterocycles. The molecule has 2 aromatic rings. The molecule has 0 spiro atoms. The average molecular weight is 285 g/mol. The molecule has 1 amide bonds. The second-order valence-corrected chi connectivity index (χ2v) is 4.75. The lowest BCUT2D eigenvalue weighted by atomic mass is 9.98. The topological polar surface area (TPSA) is 55.4 Å². The van der Waals surface area contributed by atoms with Gasteiger partial charge in [-0.3, -0.25) is 4.79 Å². The van der Waals surface area contributed by atoms with Crippen LogP contribution in [0.3, 0.4) is 0 Å². The van der Waals surface area contributed by atoms with Gasteiger partial charge in [-0.1, -0.05) is 18.2 Å². The zero-order chi connectivity index (χ0) is 14.8. The Kier molecular flexibility index (Phi) is 3.39. The van der Waals surface area contributed by atoms with E-state index in [9.17, 15) is 14.0 Å². The fraction of sp³-hybridized carbons (Fsp3) is 0.125. The molecule has 5 heteroatoms. The number of carbonyl (C=O) groups is 2. The predicted molar refractivity (Wildman–Crippen MR) is 74.4 cm³/mol. The Morgan fingerprint density at radius 3 is 2.62 bits per heavy atom. The van der Waals surface area contributed by atoms with Gasteiger partial charge in [-0.05, 0) is 35.9 Å². The molecule has 1 N–H and O–H groups in total. The minimum atomic E-state index is -0.877. The Morgan fingerprint density at radius 2 is 1.86 bits per heavy atom. The van der Waals surface area contributed by atoms with Crippen LogP contribution < -0.4 is 5.32 Å². The number of halogens is 1. The van der Waals surface area contributed by atoms with Crippen LogP contribution in [0, 0.1) is 5.82 Å². The van der Waals surface area contributed by atoms with Crippen LogP contribution in [0.1, 0.15) is 15.9 Å². The number of rotatable bonds is 2. The van der Waals surface area contributed by atoms with Gasteiger partial charge >= 0.3 is 5.97 Å². The van der Waals surface area contributed by atoms with Crippen LogP contribution in [0.25, 0.3) is 0 Å². The number of cyclic esters (lactones) is 1. The lowest BCUT2D eigenvalue weighted by Gasteiger charge is -2.23. The predicted octanol–water partition coefficient (Wildman–Crippen LogP) is 2.55. The Hall–Kier alpha value is -2.69. The maximum absolute atomic E-state index is 12.8. The highest BCUT2D eigenvalue weighted by Gasteiger charge is 2.30. The summed E-state index contributed by atoms with van der Waals surface area (Å²) in [5, 5.41) is 2.61. The number of benzene rings is 2. The molecular formula is C16H12FNO3. The van der Waals surface area contributed by atoms with Gasteiger partial charge in [0.25, 0.3) is 5.91 Å². The molecule has 0 fully saturated rings. The third-order valence-electron chi connectivity index (χ3n) is 3.30. The van der Waals surface area contributed by atoms with Gasteiger partial charge in [0.05, 0.1) is 5.56 Å². The summed E-state index contributed by atoms with van der Waals surface area (Å²) >= 11 is 0. The number of esters is 1. The van der Waals surface area contributed by atoms with Gasteiger partial charge in [-0.2, -0.15) is 0 Å². The van der Waals surface area contributed by atoms with E-state index in [1.54, 1.807) is 18.2 Å². The Bertz CT molecular complexity index is 697. The highest BCUT2D eigenvalue weighted by molar-refractivity contribution is 6.00. The van der Waals surface area contributed by atoms with Crippen molar-refractivity contribution in [3.8, 4) is 0 Å². The molecule has 0 aromatic heterocycles. The Labute approximate surface area is 120 Å². The maximum atomic E-state index is 12.8. The Morgan fingerprint density at radius 1 is 1.14 bits per heavy atom. The summed E-state index contributed by atoms with van der Waals surface area (Å²) in [5.74, 6) is -1.31. The van der Waals surface area contributed by atoms with Gasteiger partial charge in [-0.15, -0.1) is 0 Å². The molecule has 0 saturated carbocycles. The SMILES string of the molecule is O=C1OC(C(=O)Nc2ccc(F)cc2)Cc2ccccc21. The molecule has 4 nitrogen and oxygen atoms in total. The summed E-state index contributed by atoms with van der Waals surface area (Å²) in [6.07, 6.45) is -0.549. The molecule has 1 aliphatic rings. The van der Waals surface area contributed by atoms with Gasteiger partial charge in [0, 0.05) is 12.1 Å². The largest absolute Gasteiger partial charge is 0.448 e. The van der Waals surface area contributed by atoms with Crippen molar-refractivity contribution >= 4 is 17.6 Å². The fourth-order valence-corrected chi connectivity index (χ4v) is 2.23. The van der Waals surface area contributed by atoms with E-state index in [-0.39, 0.29) is 5.82 Å². The van der Waals surface area contributed by atoms with Crippen LogP contribution in [0.15, 0.2) is 48.5 Å². The number of anilines is 1. The van der Waals surface area contributed by atoms with Crippen LogP contribution in [0.2, 0.25) is 0 Å². The van der Waals surface area contributed by atoms with Gasteiger partial charge in [0.1, 0.15) is 5.82 Å². The Balaban J connectivity index is 1.75. The van der Waals surface area contributed by atoms with Crippen LogP contribution in [0.4, 0.5) is 10.1 Å². The lowest BCUT2D eigenvalue weighted by molar-refractivity contribution is -0.125. The zero-order valence-corrected chi connectivity index (χ0v) is 11.0. The van der Waals surface area contributed by atoms with Crippen molar-refractivity contribution in [1.29, 1.82) is 0 Å². The normalized spacial score (nSPS) is 16.8. The molecular weight excluding hydrogens is 273 g/mol. The third kappa shape index (κ3) is 2.76. The van der Waals surface area contributed by atoms with Gasteiger partial charge in [0.15, 0.2) is 6.10 Å². The van der Waals surface area contributed by atoms with Crippen molar-refractivity contribution in [2.24, 2.45) is 0 Å². The number of carbonyl (C=O) groups excluding carboxylic acids is 2. The number of ether oxygens (including phenoxy) is 1. The lowest BCUT2D eigenvalue weighted by Crippen LogP contribution is -2.37. The first-order valence-electron chi connectivity index (χ1n) is 6.49.